The van der Waals surface area contributed by atoms with Gasteiger partial charge in [0.15, 0.2) is 0 Å². The summed E-state index contributed by atoms with van der Waals surface area (Å²) in [5.41, 5.74) is 0.378. The number of nitrogens with zero attached hydrogens (tertiary/aromatic N) is 2. The molecule has 0 spiro atoms. The molecular weight excluding hydrogens is 430 g/mol. The number of aliphatic hydroxyl groups excluding tert-OH is 1. The number of rotatable bonds is 5. The summed E-state index contributed by atoms with van der Waals surface area (Å²) in [5, 5.41) is 20.9. The fraction of sp³-hybridized carbons (Fsp3) is 0.619. The van der Waals surface area contributed by atoms with Crippen molar-refractivity contribution in [1.82, 2.24) is 20.4 Å². The van der Waals surface area contributed by atoms with Gasteiger partial charge in [-0.25, -0.2) is 13.6 Å². The molecule has 0 bridgehead atoms. The molecule has 1 aromatic carbocycles. The van der Waals surface area contributed by atoms with Crippen LogP contribution in [-0.4, -0.2) is 65.0 Å². The maximum atomic E-state index is 15.2. The van der Waals surface area contributed by atoms with Crippen molar-refractivity contribution in [3.63, 3.8) is 0 Å². The van der Waals surface area contributed by atoms with Crippen LogP contribution in [0.25, 0.3) is 10.9 Å². The van der Waals surface area contributed by atoms with E-state index in [-0.39, 0.29) is 42.5 Å². The zero-order valence-corrected chi connectivity index (χ0v) is 17.9. The third-order valence-electron chi connectivity index (χ3n) is 6.41. The second kappa shape index (κ2) is 9.26. The largest absolute Gasteiger partial charge is 0.382 e. The Morgan fingerprint density at radius 2 is 2.03 bits per heavy atom. The fourth-order valence-electron chi connectivity index (χ4n) is 4.45. The lowest BCUT2D eigenvalue weighted by atomic mass is 9.85. The van der Waals surface area contributed by atoms with Crippen LogP contribution in [0.2, 0.25) is 5.02 Å². The minimum Gasteiger partial charge on any atom is -0.382 e. The van der Waals surface area contributed by atoms with Crippen LogP contribution >= 0.6 is 11.6 Å². The molecule has 2 aromatic rings. The number of aromatic nitrogens is 2. The number of carbonyl (C=O) groups is 1. The van der Waals surface area contributed by atoms with Crippen molar-refractivity contribution < 1.29 is 23.4 Å². The number of hydrogen-bond acceptors (Lipinski definition) is 4. The number of aliphatic hydroxyl groups is 1. The maximum absolute atomic E-state index is 15.2. The molecule has 1 atom stereocenters. The molecule has 7 nitrogen and oxygen atoms in total. The van der Waals surface area contributed by atoms with Gasteiger partial charge in [-0.1, -0.05) is 11.6 Å². The second-order valence-electron chi connectivity index (χ2n) is 8.41. The maximum Gasteiger partial charge on any atom is 0.317 e. The third-order valence-corrected chi connectivity index (χ3v) is 6.63. The minimum absolute atomic E-state index is 0.0293. The van der Waals surface area contributed by atoms with E-state index in [1.54, 1.807) is 11.0 Å². The molecule has 2 fully saturated rings. The summed E-state index contributed by atoms with van der Waals surface area (Å²) in [5.74, 6) is -4.02. The quantitative estimate of drug-likeness (QED) is 0.639. The second-order valence-corrected chi connectivity index (χ2v) is 8.85. The van der Waals surface area contributed by atoms with Gasteiger partial charge in [0.05, 0.1) is 11.7 Å². The smallest absolute Gasteiger partial charge is 0.317 e. The number of nitrogens with one attached hydrogen (secondary N) is 2. The molecule has 4 rings (SSSR count). The van der Waals surface area contributed by atoms with Gasteiger partial charge in [-0.3, -0.25) is 5.10 Å². The summed E-state index contributed by atoms with van der Waals surface area (Å²) in [6, 6.07) is 2.73. The Labute approximate surface area is 184 Å². The number of H-pyrrole nitrogens is 1. The zero-order chi connectivity index (χ0) is 22.0. The first-order valence-electron chi connectivity index (χ1n) is 10.6. The van der Waals surface area contributed by atoms with Crippen molar-refractivity contribution in [3.8, 4) is 0 Å². The van der Waals surface area contributed by atoms with E-state index in [0.717, 1.165) is 12.8 Å². The van der Waals surface area contributed by atoms with Crippen LogP contribution in [0.4, 0.5) is 13.6 Å². The number of likely N-dealkylation sites (tertiary alicyclic amines) is 1. The van der Waals surface area contributed by atoms with Gasteiger partial charge in [0.1, 0.15) is 6.10 Å². The Morgan fingerprint density at radius 3 is 2.74 bits per heavy atom. The van der Waals surface area contributed by atoms with E-state index in [9.17, 15) is 9.90 Å². The van der Waals surface area contributed by atoms with Crippen LogP contribution in [0.1, 0.15) is 37.4 Å². The molecule has 0 aliphatic carbocycles. The van der Waals surface area contributed by atoms with Crippen molar-refractivity contribution in [2.45, 2.75) is 37.7 Å². The number of fused-ring (bicyclic) bond motifs is 1. The number of ether oxygens (including phenoxy) is 1. The first kappa shape index (κ1) is 22.2. The molecule has 0 saturated carbocycles. The van der Waals surface area contributed by atoms with E-state index >= 15 is 8.78 Å². The number of hydrogen-bond donors (Lipinski definition) is 3. The van der Waals surface area contributed by atoms with Crippen molar-refractivity contribution in [2.75, 3.05) is 32.8 Å². The highest BCUT2D eigenvalue weighted by Crippen LogP contribution is 2.44. The lowest BCUT2D eigenvalue weighted by molar-refractivity contribution is -0.159. The Bertz CT molecular complexity index is 911. The molecule has 2 aliphatic rings. The molecule has 3 N–H and O–H groups in total. The Hall–Kier alpha value is -1.97. The van der Waals surface area contributed by atoms with E-state index in [1.807, 2.05) is 0 Å². The molecule has 2 aliphatic heterocycles. The highest BCUT2D eigenvalue weighted by molar-refractivity contribution is 6.31. The van der Waals surface area contributed by atoms with Crippen molar-refractivity contribution in [1.29, 1.82) is 0 Å². The van der Waals surface area contributed by atoms with Gasteiger partial charge in [0.2, 0.25) is 0 Å². The number of piperidine rings is 1. The van der Waals surface area contributed by atoms with E-state index < -0.39 is 17.9 Å². The van der Waals surface area contributed by atoms with Gasteiger partial charge in [-0.15, -0.1) is 0 Å². The van der Waals surface area contributed by atoms with Crippen LogP contribution < -0.4 is 5.32 Å². The first-order valence-corrected chi connectivity index (χ1v) is 11.0. The van der Waals surface area contributed by atoms with Crippen LogP contribution in [0, 0.1) is 11.8 Å². The van der Waals surface area contributed by atoms with Gasteiger partial charge in [0, 0.05) is 54.7 Å². The number of aromatic amines is 1. The van der Waals surface area contributed by atoms with Crippen LogP contribution in [-0.2, 0) is 4.74 Å². The van der Waals surface area contributed by atoms with Crippen molar-refractivity contribution in [3.05, 3.63) is 28.9 Å². The van der Waals surface area contributed by atoms with Gasteiger partial charge < -0.3 is 20.1 Å². The van der Waals surface area contributed by atoms with Gasteiger partial charge >= 0.3 is 6.03 Å². The average molecular weight is 457 g/mol. The Balaban J connectivity index is 1.35. The van der Waals surface area contributed by atoms with E-state index in [1.165, 1.54) is 12.3 Å². The summed E-state index contributed by atoms with van der Waals surface area (Å²) < 4.78 is 35.7. The molecule has 2 amide bonds. The molecule has 2 saturated heterocycles. The fourth-order valence-corrected chi connectivity index (χ4v) is 4.69. The Kier molecular flexibility index (Phi) is 6.64. The number of amides is 2. The van der Waals surface area contributed by atoms with E-state index in [4.69, 9.17) is 16.3 Å². The molecule has 3 heterocycles. The third kappa shape index (κ3) is 4.78. The average Bonchev–Trinajstić information content (AvgIpc) is 3.25. The first-order chi connectivity index (χ1) is 14.9. The molecule has 10 heteroatoms. The summed E-state index contributed by atoms with van der Waals surface area (Å²) in [6.45, 7) is 2.44. The van der Waals surface area contributed by atoms with E-state index in [0.29, 0.717) is 36.6 Å². The molecule has 170 valence electrons. The van der Waals surface area contributed by atoms with Gasteiger partial charge in [0.25, 0.3) is 5.92 Å². The van der Waals surface area contributed by atoms with Gasteiger partial charge in [-0.05, 0) is 43.7 Å². The molecule has 1 unspecified atom stereocenters. The summed E-state index contributed by atoms with van der Waals surface area (Å²) in [6.07, 6.45) is 1.52. The SMILES string of the molecule is O=C(NCC1CCOCC1)N1CCC(C(F)(F)C(O)c2cc(Cl)cc3cn[nH]c23)CC1. The lowest BCUT2D eigenvalue weighted by Crippen LogP contribution is -2.49. The molecule has 31 heavy (non-hydrogen) atoms. The normalized spacial score (nSPS) is 20.2. The molecule has 0 radical (unpaired) electrons. The Morgan fingerprint density at radius 1 is 1.32 bits per heavy atom. The number of urea groups is 1. The number of halogens is 3. The molecule has 1 aromatic heterocycles. The highest BCUT2D eigenvalue weighted by Gasteiger charge is 2.48. The van der Waals surface area contributed by atoms with Crippen LogP contribution in [0.5, 0.6) is 0 Å². The van der Waals surface area contributed by atoms with E-state index in [2.05, 4.69) is 15.5 Å². The predicted molar refractivity (Wildman–Crippen MR) is 112 cm³/mol. The van der Waals surface area contributed by atoms with Crippen LogP contribution in [0.15, 0.2) is 18.3 Å². The summed E-state index contributed by atoms with van der Waals surface area (Å²) in [7, 11) is 0. The number of carbonyl (C=O) groups excluding carboxylic acids is 1. The number of alkyl halides is 2. The van der Waals surface area contributed by atoms with Gasteiger partial charge in [-0.2, -0.15) is 5.10 Å². The predicted octanol–water partition coefficient (Wildman–Crippen LogP) is 3.73. The molecular formula is C21H27ClF2N4O3. The lowest BCUT2D eigenvalue weighted by Gasteiger charge is -2.38. The zero-order valence-electron chi connectivity index (χ0n) is 17.1. The number of benzene rings is 1. The minimum atomic E-state index is -3.37. The topological polar surface area (TPSA) is 90.5 Å². The van der Waals surface area contributed by atoms with Crippen molar-refractivity contribution >= 4 is 28.5 Å². The summed E-state index contributed by atoms with van der Waals surface area (Å²) >= 11 is 6.04. The monoisotopic (exact) mass is 456 g/mol. The summed E-state index contributed by atoms with van der Waals surface area (Å²) in [4.78, 5) is 14.0. The van der Waals surface area contributed by atoms with Crippen LogP contribution in [0.3, 0.4) is 0 Å². The standard InChI is InChI=1S/C21H27ClF2N4O3/c22-16-9-14-12-26-27-18(14)17(10-16)19(29)21(23,24)15-1-5-28(6-2-15)20(30)25-11-13-3-7-31-8-4-13/h9-10,12-13,15,19,29H,1-8,11H2,(H,25,30)(H,26,27). The van der Waals surface area contributed by atoms with Crippen molar-refractivity contribution in [2.24, 2.45) is 11.8 Å². The highest BCUT2D eigenvalue weighted by atomic mass is 35.5.